The molecular weight excluding hydrogens is 284 g/mol. The predicted octanol–water partition coefficient (Wildman–Crippen LogP) is 2.83. The lowest BCUT2D eigenvalue weighted by atomic mass is 9.99. The van der Waals surface area contributed by atoms with Crippen molar-refractivity contribution in [1.82, 2.24) is 0 Å². The average Bonchev–Trinajstić information content (AvgIpc) is 2.54. The van der Waals surface area contributed by atoms with E-state index in [1.54, 1.807) is 11.0 Å². The molecule has 0 aromatic heterocycles. The van der Waals surface area contributed by atoms with E-state index < -0.39 is 4.92 Å². The largest absolute Gasteiger partial charge is 0.378 e. The van der Waals surface area contributed by atoms with Gasteiger partial charge in [0.05, 0.1) is 23.1 Å². The van der Waals surface area contributed by atoms with Gasteiger partial charge in [0.25, 0.3) is 5.69 Å². The molecule has 1 aromatic carbocycles. The third-order valence-corrected chi connectivity index (χ3v) is 4.38. The Morgan fingerprint density at radius 3 is 2.95 bits per heavy atom. The molecule has 6 heteroatoms. The molecule has 1 atom stereocenters. The highest BCUT2D eigenvalue weighted by molar-refractivity contribution is 5.95. The molecule has 1 amide bonds. The first-order valence-electron chi connectivity index (χ1n) is 7.84. The summed E-state index contributed by atoms with van der Waals surface area (Å²) >= 11 is 0. The standard InChI is InChI=1S/C16H20N2O4/c19-16(11-14-5-1-2-9-22-14)17-8-3-4-12-6-7-13(18(20)21)10-15(12)17/h6-7,10,14H,1-5,8-9,11H2. The summed E-state index contributed by atoms with van der Waals surface area (Å²) in [4.78, 5) is 24.8. The number of rotatable bonds is 3. The number of nitrogens with zero attached hydrogens (tertiary/aromatic N) is 2. The molecular formula is C16H20N2O4. The van der Waals surface area contributed by atoms with E-state index >= 15 is 0 Å². The average molecular weight is 304 g/mol. The number of carbonyl (C=O) groups excluding carboxylic acids is 1. The number of aryl methyl sites for hydroxylation is 1. The van der Waals surface area contributed by atoms with Gasteiger partial charge in [-0.25, -0.2) is 0 Å². The molecule has 0 bridgehead atoms. The van der Waals surface area contributed by atoms with Crippen molar-refractivity contribution in [2.75, 3.05) is 18.1 Å². The van der Waals surface area contributed by atoms with E-state index in [-0.39, 0.29) is 17.7 Å². The molecule has 3 rings (SSSR count). The second kappa shape index (κ2) is 6.44. The molecule has 0 N–H and O–H groups in total. The second-order valence-corrected chi connectivity index (χ2v) is 5.91. The van der Waals surface area contributed by atoms with Gasteiger partial charge in [-0.05, 0) is 37.7 Å². The van der Waals surface area contributed by atoms with Crippen molar-refractivity contribution in [3.05, 3.63) is 33.9 Å². The van der Waals surface area contributed by atoms with Gasteiger partial charge < -0.3 is 9.64 Å². The van der Waals surface area contributed by atoms with Crippen LogP contribution in [0.4, 0.5) is 11.4 Å². The number of hydrogen-bond acceptors (Lipinski definition) is 4. The summed E-state index contributed by atoms with van der Waals surface area (Å²) in [5.74, 6) is 0.00773. The predicted molar refractivity (Wildman–Crippen MR) is 82.0 cm³/mol. The minimum absolute atomic E-state index is 0.00773. The van der Waals surface area contributed by atoms with Gasteiger partial charge in [-0.2, -0.15) is 0 Å². The van der Waals surface area contributed by atoms with Crippen LogP contribution in [0.5, 0.6) is 0 Å². The number of nitro groups is 1. The van der Waals surface area contributed by atoms with Crippen LogP contribution in [0.15, 0.2) is 18.2 Å². The maximum absolute atomic E-state index is 12.6. The first-order valence-corrected chi connectivity index (χ1v) is 7.84. The van der Waals surface area contributed by atoms with Crippen LogP contribution in [-0.4, -0.2) is 30.1 Å². The summed E-state index contributed by atoms with van der Waals surface area (Å²) in [6.45, 7) is 1.35. The number of fused-ring (bicyclic) bond motifs is 1. The molecule has 0 saturated carbocycles. The van der Waals surface area contributed by atoms with Crippen LogP contribution in [0.2, 0.25) is 0 Å². The Labute approximate surface area is 129 Å². The highest BCUT2D eigenvalue weighted by Crippen LogP contribution is 2.32. The zero-order chi connectivity index (χ0) is 15.5. The summed E-state index contributed by atoms with van der Waals surface area (Å²) in [5, 5.41) is 11.0. The third-order valence-electron chi connectivity index (χ3n) is 4.38. The Morgan fingerprint density at radius 2 is 2.23 bits per heavy atom. The van der Waals surface area contributed by atoms with Crippen LogP contribution in [0, 0.1) is 10.1 Å². The number of ether oxygens (including phenoxy) is 1. The van der Waals surface area contributed by atoms with Crippen molar-refractivity contribution in [2.45, 2.75) is 44.6 Å². The molecule has 118 valence electrons. The first-order chi connectivity index (χ1) is 10.6. The quantitative estimate of drug-likeness (QED) is 0.636. The van der Waals surface area contributed by atoms with Gasteiger partial charge in [-0.1, -0.05) is 6.07 Å². The molecule has 6 nitrogen and oxygen atoms in total. The van der Waals surface area contributed by atoms with Crippen LogP contribution >= 0.6 is 0 Å². The van der Waals surface area contributed by atoms with Gasteiger partial charge in [0.2, 0.25) is 5.91 Å². The topological polar surface area (TPSA) is 72.7 Å². The van der Waals surface area contributed by atoms with Crippen LogP contribution < -0.4 is 4.90 Å². The number of benzene rings is 1. The van der Waals surface area contributed by atoms with E-state index in [1.165, 1.54) is 12.1 Å². The number of carbonyl (C=O) groups is 1. The fourth-order valence-electron chi connectivity index (χ4n) is 3.21. The molecule has 1 unspecified atom stereocenters. The molecule has 1 aromatic rings. The Bertz CT molecular complexity index is 582. The van der Waals surface area contributed by atoms with E-state index in [4.69, 9.17) is 4.74 Å². The minimum atomic E-state index is -0.415. The molecule has 22 heavy (non-hydrogen) atoms. The summed E-state index contributed by atoms with van der Waals surface area (Å²) in [6, 6.07) is 4.80. The van der Waals surface area contributed by atoms with Crippen LogP contribution in [-0.2, 0) is 16.0 Å². The number of anilines is 1. The van der Waals surface area contributed by atoms with E-state index in [2.05, 4.69) is 0 Å². The fourth-order valence-corrected chi connectivity index (χ4v) is 3.21. The highest BCUT2D eigenvalue weighted by Gasteiger charge is 2.27. The van der Waals surface area contributed by atoms with Gasteiger partial charge in [-0.15, -0.1) is 0 Å². The van der Waals surface area contributed by atoms with Gasteiger partial charge in [0.15, 0.2) is 0 Å². The van der Waals surface area contributed by atoms with E-state index in [9.17, 15) is 14.9 Å². The summed E-state index contributed by atoms with van der Waals surface area (Å²) in [5.41, 5.74) is 1.74. The smallest absolute Gasteiger partial charge is 0.271 e. The SMILES string of the molecule is O=C(CC1CCCCO1)N1CCCc2ccc([N+](=O)[O-])cc21. The van der Waals surface area contributed by atoms with E-state index in [1.807, 2.05) is 0 Å². The molecule has 0 aliphatic carbocycles. The van der Waals surface area contributed by atoms with E-state index in [0.29, 0.717) is 18.7 Å². The van der Waals surface area contributed by atoms with Crippen LogP contribution in [0.25, 0.3) is 0 Å². The minimum Gasteiger partial charge on any atom is -0.378 e. The molecule has 0 spiro atoms. The van der Waals surface area contributed by atoms with Crippen molar-refractivity contribution in [2.24, 2.45) is 0 Å². The second-order valence-electron chi connectivity index (χ2n) is 5.91. The maximum atomic E-state index is 12.6. The Kier molecular flexibility index (Phi) is 4.38. The molecule has 1 fully saturated rings. The molecule has 0 radical (unpaired) electrons. The summed E-state index contributed by atoms with van der Waals surface area (Å²) in [7, 11) is 0. The van der Waals surface area contributed by atoms with Crippen LogP contribution in [0.3, 0.4) is 0 Å². The Morgan fingerprint density at radius 1 is 1.36 bits per heavy atom. The van der Waals surface area contributed by atoms with Crippen molar-refractivity contribution in [3.8, 4) is 0 Å². The van der Waals surface area contributed by atoms with Crippen molar-refractivity contribution in [1.29, 1.82) is 0 Å². The first kappa shape index (κ1) is 15.0. The summed E-state index contributed by atoms with van der Waals surface area (Å²) in [6.07, 6.45) is 5.18. The number of hydrogen-bond donors (Lipinski definition) is 0. The fraction of sp³-hybridized carbons (Fsp3) is 0.562. The lowest BCUT2D eigenvalue weighted by Gasteiger charge is -2.31. The molecule has 1 saturated heterocycles. The Balaban J connectivity index is 1.78. The normalized spacial score (nSPS) is 21.3. The van der Waals surface area contributed by atoms with Crippen molar-refractivity contribution in [3.63, 3.8) is 0 Å². The lowest BCUT2D eigenvalue weighted by molar-refractivity contribution is -0.384. The number of non-ortho nitro benzene ring substituents is 1. The molecule has 2 aliphatic rings. The zero-order valence-electron chi connectivity index (χ0n) is 12.5. The van der Waals surface area contributed by atoms with Crippen molar-refractivity contribution >= 4 is 17.3 Å². The zero-order valence-corrected chi connectivity index (χ0v) is 12.5. The molecule has 2 heterocycles. The Hall–Kier alpha value is -1.95. The number of nitro benzene ring substituents is 1. The highest BCUT2D eigenvalue weighted by atomic mass is 16.6. The number of amides is 1. The van der Waals surface area contributed by atoms with Gasteiger partial charge in [-0.3, -0.25) is 14.9 Å². The third kappa shape index (κ3) is 3.11. The van der Waals surface area contributed by atoms with Gasteiger partial charge >= 0.3 is 0 Å². The summed E-state index contributed by atoms with van der Waals surface area (Å²) < 4.78 is 5.63. The van der Waals surface area contributed by atoms with E-state index in [0.717, 1.165) is 44.3 Å². The molecule has 2 aliphatic heterocycles. The van der Waals surface area contributed by atoms with Crippen LogP contribution in [0.1, 0.15) is 37.7 Å². The van der Waals surface area contributed by atoms with Gasteiger partial charge in [0, 0.05) is 25.3 Å². The maximum Gasteiger partial charge on any atom is 0.271 e. The van der Waals surface area contributed by atoms with Crippen molar-refractivity contribution < 1.29 is 14.5 Å². The lowest BCUT2D eigenvalue weighted by Crippen LogP contribution is -2.38. The monoisotopic (exact) mass is 304 g/mol. The van der Waals surface area contributed by atoms with Gasteiger partial charge in [0.1, 0.15) is 0 Å².